The van der Waals surface area contributed by atoms with E-state index >= 15 is 0 Å². The number of pyridine rings is 1. The Morgan fingerprint density at radius 3 is 2.86 bits per heavy atom. The zero-order valence-corrected chi connectivity index (χ0v) is 16.5. The Labute approximate surface area is 171 Å². The average molecular weight is 416 g/mol. The molecule has 1 aromatic heterocycles. The van der Waals surface area contributed by atoms with E-state index in [4.69, 9.17) is 26.8 Å². The maximum atomic E-state index is 12.7. The number of benzene rings is 1. The van der Waals surface area contributed by atoms with Gasteiger partial charge in [0.25, 0.3) is 5.91 Å². The van der Waals surface area contributed by atoms with Crippen LogP contribution in [0.2, 0.25) is 0 Å². The molecule has 0 atom stereocenters. The van der Waals surface area contributed by atoms with Crippen LogP contribution in [0.15, 0.2) is 47.6 Å². The number of hydrogen-bond acceptors (Lipinski definition) is 7. The fraction of sp³-hybridized carbons (Fsp3) is 0.158. The Balaban J connectivity index is 1.78. The highest BCUT2D eigenvalue weighted by Crippen LogP contribution is 2.35. The highest BCUT2D eigenvalue weighted by molar-refractivity contribution is 8.26. The van der Waals surface area contributed by atoms with Crippen LogP contribution in [0.3, 0.4) is 0 Å². The van der Waals surface area contributed by atoms with Crippen LogP contribution in [0.5, 0.6) is 11.5 Å². The van der Waals surface area contributed by atoms with Crippen LogP contribution in [0.4, 0.5) is 0 Å². The minimum Gasteiger partial charge on any atom is -0.493 e. The van der Waals surface area contributed by atoms with Gasteiger partial charge in [0.2, 0.25) is 0 Å². The molecule has 1 saturated heterocycles. The van der Waals surface area contributed by atoms with Crippen molar-refractivity contribution >= 4 is 46.3 Å². The second kappa shape index (κ2) is 8.85. The molecule has 1 aliphatic rings. The first-order chi connectivity index (χ1) is 13.5. The van der Waals surface area contributed by atoms with Crippen molar-refractivity contribution in [1.82, 2.24) is 9.88 Å². The Morgan fingerprint density at radius 1 is 1.36 bits per heavy atom. The standard InChI is InChI=1S/C19H16N2O5S2/c1-25-15-7-12(4-5-14(15)26-11-17(22)23)8-16-18(24)21(19(27)28-16)10-13-3-2-6-20-9-13/h2-9H,10-11H2,1H3,(H,22,23)/b16-8-. The maximum Gasteiger partial charge on any atom is 0.341 e. The first-order valence-electron chi connectivity index (χ1n) is 8.15. The van der Waals surface area contributed by atoms with Gasteiger partial charge < -0.3 is 14.6 Å². The van der Waals surface area contributed by atoms with Crippen LogP contribution in [-0.2, 0) is 16.1 Å². The number of thiocarbonyl (C=S) groups is 1. The molecule has 2 heterocycles. The van der Waals surface area contributed by atoms with E-state index in [-0.39, 0.29) is 5.91 Å². The number of rotatable bonds is 7. The van der Waals surface area contributed by atoms with Crippen molar-refractivity contribution in [2.24, 2.45) is 0 Å². The first-order valence-corrected chi connectivity index (χ1v) is 9.37. The summed E-state index contributed by atoms with van der Waals surface area (Å²) in [4.78, 5) is 29.5. The summed E-state index contributed by atoms with van der Waals surface area (Å²) >= 11 is 6.57. The molecule has 1 fully saturated rings. The highest BCUT2D eigenvalue weighted by Gasteiger charge is 2.32. The van der Waals surface area contributed by atoms with Crippen molar-refractivity contribution in [2.75, 3.05) is 13.7 Å². The third kappa shape index (κ3) is 4.68. The summed E-state index contributed by atoms with van der Waals surface area (Å²) in [7, 11) is 1.46. The SMILES string of the molecule is COc1cc(/C=C2\SC(=S)N(Cc3cccnc3)C2=O)ccc1OCC(=O)O. The Morgan fingerprint density at radius 2 is 2.18 bits per heavy atom. The number of nitrogens with zero attached hydrogens (tertiary/aromatic N) is 2. The van der Waals surface area contributed by atoms with Gasteiger partial charge in [-0.1, -0.05) is 36.1 Å². The van der Waals surface area contributed by atoms with E-state index in [1.165, 1.54) is 23.8 Å². The van der Waals surface area contributed by atoms with Gasteiger partial charge in [0.15, 0.2) is 18.1 Å². The van der Waals surface area contributed by atoms with Crippen LogP contribution >= 0.6 is 24.0 Å². The lowest BCUT2D eigenvalue weighted by Gasteiger charge is -2.13. The number of carboxylic acid groups (broad SMARTS) is 1. The lowest BCUT2D eigenvalue weighted by atomic mass is 10.2. The summed E-state index contributed by atoms with van der Waals surface area (Å²) in [6, 6.07) is 8.68. The molecule has 9 heteroatoms. The van der Waals surface area contributed by atoms with Crippen LogP contribution in [0, 0.1) is 0 Å². The number of methoxy groups -OCH3 is 1. The van der Waals surface area contributed by atoms with Gasteiger partial charge in [-0.3, -0.25) is 14.7 Å². The summed E-state index contributed by atoms with van der Waals surface area (Å²) in [6.45, 7) is -0.107. The van der Waals surface area contributed by atoms with Gasteiger partial charge in [-0.05, 0) is 35.4 Å². The van der Waals surface area contributed by atoms with E-state index in [1.54, 1.807) is 36.7 Å². The number of carbonyl (C=O) groups excluding carboxylic acids is 1. The smallest absolute Gasteiger partial charge is 0.341 e. The number of ether oxygens (including phenoxy) is 2. The number of thioether (sulfide) groups is 1. The van der Waals surface area contributed by atoms with E-state index in [2.05, 4.69) is 4.98 Å². The third-order valence-corrected chi connectivity index (χ3v) is 5.15. The van der Waals surface area contributed by atoms with Crippen LogP contribution in [0.1, 0.15) is 11.1 Å². The molecule has 1 aliphatic heterocycles. The van der Waals surface area contributed by atoms with Gasteiger partial charge in [-0.2, -0.15) is 0 Å². The van der Waals surface area contributed by atoms with Crippen molar-refractivity contribution in [3.8, 4) is 11.5 Å². The lowest BCUT2D eigenvalue weighted by Crippen LogP contribution is -2.27. The van der Waals surface area contributed by atoms with Crippen LogP contribution in [-0.4, -0.2) is 44.9 Å². The van der Waals surface area contributed by atoms with Gasteiger partial charge in [-0.15, -0.1) is 0 Å². The molecule has 3 rings (SSSR count). The summed E-state index contributed by atoms with van der Waals surface area (Å²) in [5.41, 5.74) is 1.60. The van der Waals surface area contributed by atoms with Gasteiger partial charge in [0.05, 0.1) is 18.6 Å². The molecule has 0 spiro atoms. The maximum absolute atomic E-state index is 12.7. The van der Waals surface area contributed by atoms with Crippen molar-refractivity contribution < 1.29 is 24.2 Å². The molecular formula is C19H16N2O5S2. The van der Waals surface area contributed by atoms with Crippen molar-refractivity contribution in [1.29, 1.82) is 0 Å². The van der Waals surface area contributed by atoms with Crippen molar-refractivity contribution in [2.45, 2.75) is 6.54 Å². The summed E-state index contributed by atoms with van der Waals surface area (Å²) in [6.07, 6.45) is 5.08. The minimum absolute atomic E-state index is 0.177. The van der Waals surface area contributed by atoms with Gasteiger partial charge in [-0.25, -0.2) is 4.79 Å². The predicted octanol–water partition coefficient (Wildman–Crippen LogP) is 2.96. The molecule has 2 aromatic rings. The molecule has 0 unspecified atom stereocenters. The fourth-order valence-corrected chi connectivity index (χ4v) is 3.75. The fourth-order valence-electron chi connectivity index (χ4n) is 2.49. The molecule has 0 radical (unpaired) electrons. The Bertz CT molecular complexity index is 947. The molecule has 1 amide bonds. The van der Waals surface area contributed by atoms with Crippen molar-refractivity contribution in [3.05, 3.63) is 58.8 Å². The van der Waals surface area contributed by atoms with E-state index in [9.17, 15) is 9.59 Å². The molecule has 7 nitrogen and oxygen atoms in total. The van der Waals surface area contributed by atoms with E-state index in [1.807, 2.05) is 12.1 Å². The Kier molecular flexibility index (Phi) is 6.27. The Hall–Kier alpha value is -2.91. The largest absolute Gasteiger partial charge is 0.493 e. The number of hydrogen-bond donors (Lipinski definition) is 1. The van der Waals surface area contributed by atoms with E-state index in [0.29, 0.717) is 32.8 Å². The number of carbonyl (C=O) groups is 2. The van der Waals surface area contributed by atoms with E-state index in [0.717, 1.165) is 5.56 Å². The molecule has 0 bridgehead atoms. The molecular weight excluding hydrogens is 400 g/mol. The minimum atomic E-state index is -1.08. The van der Waals surface area contributed by atoms with Crippen molar-refractivity contribution in [3.63, 3.8) is 0 Å². The first kappa shape index (κ1) is 19.8. The van der Waals surface area contributed by atoms with Gasteiger partial charge in [0.1, 0.15) is 4.32 Å². The van der Waals surface area contributed by atoms with E-state index < -0.39 is 12.6 Å². The summed E-state index contributed by atoms with van der Waals surface area (Å²) in [5, 5.41) is 8.73. The zero-order valence-electron chi connectivity index (χ0n) is 14.8. The lowest BCUT2D eigenvalue weighted by molar-refractivity contribution is -0.139. The monoisotopic (exact) mass is 416 g/mol. The topological polar surface area (TPSA) is 89.0 Å². The number of aliphatic carboxylic acids is 1. The van der Waals surface area contributed by atoms with Crippen LogP contribution in [0.25, 0.3) is 6.08 Å². The number of carboxylic acids is 1. The molecule has 0 aliphatic carbocycles. The third-order valence-electron chi connectivity index (χ3n) is 3.77. The average Bonchev–Trinajstić information content (AvgIpc) is 2.95. The molecule has 1 N–H and O–H groups in total. The molecule has 28 heavy (non-hydrogen) atoms. The highest BCUT2D eigenvalue weighted by atomic mass is 32.2. The molecule has 1 aromatic carbocycles. The van der Waals surface area contributed by atoms with Crippen LogP contribution < -0.4 is 9.47 Å². The number of aromatic nitrogens is 1. The normalized spacial score (nSPS) is 15.2. The van der Waals surface area contributed by atoms with Gasteiger partial charge >= 0.3 is 5.97 Å². The van der Waals surface area contributed by atoms with Gasteiger partial charge in [0, 0.05) is 12.4 Å². The summed E-state index contributed by atoms with van der Waals surface area (Å²) in [5.74, 6) is -0.570. The quantitative estimate of drug-likeness (QED) is 0.544. The summed E-state index contributed by atoms with van der Waals surface area (Å²) < 4.78 is 10.9. The number of amides is 1. The molecule has 144 valence electrons. The zero-order chi connectivity index (χ0) is 20.1. The second-order valence-corrected chi connectivity index (χ2v) is 7.40. The predicted molar refractivity (Wildman–Crippen MR) is 109 cm³/mol. The second-order valence-electron chi connectivity index (χ2n) is 5.72. The molecule has 0 saturated carbocycles.